The van der Waals surface area contributed by atoms with Gasteiger partial charge in [-0.2, -0.15) is 0 Å². The smallest absolute Gasteiger partial charge is 0.274 e. The van der Waals surface area contributed by atoms with Gasteiger partial charge in [0.15, 0.2) is 0 Å². The van der Waals surface area contributed by atoms with E-state index in [9.17, 15) is 18.9 Å². The highest BCUT2D eigenvalue weighted by molar-refractivity contribution is 6.31. The van der Waals surface area contributed by atoms with Crippen molar-refractivity contribution in [1.29, 1.82) is 0 Å². The first-order valence-electron chi connectivity index (χ1n) is 6.03. The lowest BCUT2D eigenvalue weighted by Crippen LogP contribution is -2.08. The molecular formula is C14H11ClF2N2O2. The first-order valence-corrected chi connectivity index (χ1v) is 6.41. The van der Waals surface area contributed by atoms with Gasteiger partial charge in [-0.05, 0) is 30.7 Å². The standard InChI is InChI=1S/C14H11ClF2N2O2/c1-8(13-3-2-9(16)6-14(13)15)18-11-4-10(17)5-12(7-11)19(20)21/h2-8,18H,1H3. The van der Waals surface area contributed by atoms with E-state index in [1.54, 1.807) is 6.92 Å². The van der Waals surface area contributed by atoms with E-state index in [-0.39, 0.29) is 22.4 Å². The van der Waals surface area contributed by atoms with Crippen molar-refractivity contribution in [1.82, 2.24) is 0 Å². The highest BCUT2D eigenvalue weighted by Gasteiger charge is 2.14. The Hall–Kier alpha value is -2.21. The number of rotatable bonds is 4. The van der Waals surface area contributed by atoms with Crippen LogP contribution in [0.3, 0.4) is 0 Å². The van der Waals surface area contributed by atoms with Gasteiger partial charge < -0.3 is 5.32 Å². The van der Waals surface area contributed by atoms with Gasteiger partial charge >= 0.3 is 0 Å². The van der Waals surface area contributed by atoms with Crippen molar-refractivity contribution >= 4 is 23.0 Å². The minimum Gasteiger partial charge on any atom is -0.378 e. The molecule has 0 amide bonds. The summed E-state index contributed by atoms with van der Waals surface area (Å²) in [5.41, 5.74) is 0.495. The number of non-ortho nitro benzene ring substituents is 1. The first-order chi connectivity index (χ1) is 9.86. The van der Waals surface area contributed by atoms with Crippen LogP contribution in [-0.2, 0) is 0 Å². The molecule has 1 unspecified atom stereocenters. The summed E-state index contributed by atoms with van der Waals surface area (Å²) in [5, 5.41) is 13.8. The van der Waals surface area contributed by atoms with E-state index >= 15 is 0 Å². The van der Waals surface area contributed by atoms with Crippen molar-refractivity contribution in [2.75, 3.05) is 5.32 Å². The Morgan fingerprint density at radius 3 is 2.52 bits per heavy atom. The predicted molar refractivity (Wildman–Crippen MR) is 76.5 cm³/mol. The maximum absolute atomic E-state index is 13.4. The Balaban J connectivity index is 2.27. The quantitative estimate of drug-likeness (QED) is 0.657. The van der Waals surface area contributed by atoms with E-state index in [0.717, 1.165) is 12.1 Å². The van der Waals surface area contributed by atoms with E-state index in [1.165, 1.54) is 24.3 Å². The maximum Gasteiger partial charge on any atom is 0.274 e. The normalized spacial score (nSPS) is 12.0. The van der Waals surface area contributed by atoms with Gasteiger partial charge in [0.2, 0.25) is 0 Å². The summed E-state index contributed by atoms with van der Waals surface area (Å²) < 4.78 is 26.4. The summed E-state index contributed by atoms with van der Waals surface area (Å²) >= 11 is 5.94. The van der Waals surface area contributed by atoms with Gasteiger partial charge in [0.25, 0.3) is 5.69 Å². The fourth-order valence-electron chi connectivity index (χ4n) is 1.94. The third-order valence-electron chi connectivity index (χ3n) is 2.91. The number of nitro groups is 1. The molecular weight excluding hydrogens is 302 g/mol. The third kappa shape index (κ3) is 3.66. The van der Waals surface area contributed by atoms with Crippen LogP contribution in [-0.4, -0.2) is 4.92 Å². The average Bonchev–Trinajstić information content (AvgIpc) is 2.37. The lowest BCUT2D eigenvalue weighted by molar-refractivity contribution is -0.385. The monoisotopic (exact) mass is 312 g/mol. The van der Waals surface area contributed by atoms with Gasteiger partial charge in [-0.15, -0.1) is 0 Å². The van der Waals surface area contributed by atoms with Gasteiger partial charge in [-0.1, -0.05) is 17.7 Å². The van der Waals surface area contributed by atoms with E-state index in [4.69, 9.17) is 11.6 Å². The van der Waals surface area contributed by atoms with Crippen LogP contribution in [0.5, 0.6) is 0 Å². The summed E-state index contributed by atoms with van der Waals surface area (Å²) in [6, 6.07) is 6.75. The first kappa shape index (κ1) is 15.2. The summed E-state index contributed by atoms with van der Waals surface area (Å²) in [7, 11) is 0. The molecule has 0 fully saturated rings. The number of hydrogen-bond acceptors (Lipinski definition) is 3. The summed E-state index contributed by atoms with van der Waals surface area (Å²) in [6.45, 7) is 1.73. The van der Waals surface area contributed by atoms with Crippen molar-refractivity contribution < 1.29 is 13.7 Å². The Bertz CT molecular complexity index is 695. The molecule has 0 saturated heterocycles. The minimum absolute atomic E-state index is 0.223. The molecule has 2 rings (SSSR count). The number of nitro benzene ring substituents is 1. The zero-order chi connectivity index (χ0) is 15.6. The van der Waals surface area contributed by atoms with Gasteiger partial charge in [0.05, 0.1) is 11.0 Å². The molecule has 0 aliphatic carbocycles. The largest absolute Gasteiger partial charge is 0.378 e. The molecule has 0 heterocycles. The van der Waals surface area contributed by atoms with Gasteiger partial charge in [-0.3, -0.25) is 10.1 Å². The van der Waals surface area contributed by atoms with Crippen molar-refractivity contribution in [3.63, 3.8) is 0 Å². The Kier molecular flexibility index (Phi) is 4.37. The molecule has 21 heavy (non-hydrogen) atoms. The van der Waals surface area contributed by atoms with Crippen molar-refractivity contribution in [2.45, 2.75) is 13.0 Å². The lowest BCUT2D eigenvalue weighted by atomic mass is 10.1. The third-order valence-corrected chi connectivity index (χ3v) is 3.23. The topological polar surface area (TPSA) is 55.2 Å². The molecule has 0 bridgehead atoms. The van der Waals surface area contributed by atoms with Crippen LogP contribution in [0, 0.1) is 21.7 Å². The van der Waals surface area contributed by atoms with Crippen LogP contribution in [0.25, 0.3) is 0 Å². The SMILES string of the molecule is CC(Nc1cc(F)cc([N+](=O)[O-])c1)c1ccc(F)cc1Cl. The van der Waals surface area contributed by atoms with Crippen molar-refractivity contribution in [2.24, 2.45) is 0 Å². The van der Waals surface area contributed by atoms with Crippen LogP contribution >= 0.6 is 11.6 Å². The summed E-state index contributed by atoms with van der Waals surface area (Å²) in [4.78, 5) is 10.0. The Labute approximate surface area is 124 Å². The lowest BCUT2D eigenvalue weighted by Gasteiger charge is -2.17. The summed E-state index contributed by atoms with van der Waals surface area (Å²) in [6.07, 6.45) is 0. The highest BCUT2D eigenvalue weighted by Crippen LogP contribution is 2.28. The molecule has 7 heteroatoms. The number of nitrogens with zero attached hydrogens (tertiary/aromatic N) is 1. The van der Waals surface area contributed by atoms with Gasteiger partial charge in [-0.25, -0.2) is 8.78 Å². The van der Waals surface area contributed by atoms with Crippen molar-refractivity contribution in [3.05, 3.63) is 68.7 Å². The van der Waals surface area contributed by atoms with E-state index in [1.807, 2.05) is 0 Å². The molecule has 4 nitrogen and oxygen atoms in total. The zero-order valence-corrected chi connectivity index (χ0v) is 11.7. The zero-order valence-electron chi connectivity index (χ0n) is 10.9. The molecule has 0 aromatic heterocycles. The van der Waals surface area contributed by atoms with Crippen LogP contribution in [0.4, 0.5) is 20.2 Å². The number of hydrogen-bond donors (Lipinski definition) is 1. The number of anilines is 1. The second-order valence-corrected chi connectivity index (χ2v) is 4.89. The maximum atomic E-state index is 13.4. The van der Waals surface area contributed by atoms with Crippen molar-refractivity contribution in [3.8, 4) is 0 Å². The number of halogens is 3. The van der Waals surface area contributed by atoms with E-state index in [2.05, 4.69) is 5.32 Å². The molecule has 0 aliphatic rings. The second kappa shape index (κ2) is 6.05. The molecule has 110 valence electrons. The fraction of sp³-hybridized carbons (Fsp3) is 0.143. The number of nitrogens with one attached hydrogen (secondary N) is 1. The van der Waals surface area contributed by atoms with Crippen LogP contribution in [0.1, 0.15) is 18.5 Å². The van der Waals surface area contributed by atoms with E-state index < -0.39 is 16.6 Å². The van der Waals surface area contributed by atoms with Crippen LogP contribution < -0.4 is 5.32 Å². The molecule has 2 aromatic rings. The van der Waals surface area contributed by atoms with Crippen LogP contribution in [0.2, 0.25) is 5.02 Å². The molecule has 0 spiro atoms. The van der Waals surface area contributed by atoms with Gasteiger partial charge in [0, 0.05) is 22.8 Å². The molecule has 0 radical (unpaired) electrons. The van der Waals surface area contributed by atoms with E-state index in [0.29, 0.717) is 5.56 Å². The second-order valence-electron chi connectivity index (χ2n) is 4.49. The summed E-state index contributed by atoms with van der Waals surface area (Å²) in [5.74, 6) is -1.18. The predicted octanol–water partition coefficient (Wildman–Crippen LogP) is 4.70. The fourth-order valence-corrected chi connectivity index (χ4v) is 2.27. The molecule has 1 atom stereocenters. The molecule has 1 N–H and O–H groups in total. The Morgan fingerprint density at radius 1 is 1.19 bits per heavy atom. The molecule has 0 aliphatic heterocycles. The Morgan fingerprint density at radius 2 is 1.90 bits per heavy atom. The van der Waals surface area contributed by atoms with Crippen LogP contribution in [0.15, 0.2) is 36.4 Å². The average molecular weight is 313 g/mol. The molecule has 2 aromatic carbocycles. The number of benzene rings is 2. The molecule has 0 saturated carbocycles. The highest BCUT2D eigenvalue weighted by atomic mass is 35.5. The van der Waals surface area contributed by atoms with Gasteiger partial charge in [0.1, 0.15) is 11.6 Å². The minimum atomic E-state index is -0.718.